The van der Waals surface area contributed by atoms with Crippen LogP contribution in [0.1, 0.15) is 11.1 Å². The molecule has 0 aliphatic carbocycles. The van der Waals surface area contributed by atoms with Crippen molar-refractivity contribution in [1.29, 1.82) is 0 Å². The van der Waals surface area contributed by atoms with Crippen LogP contribution in [-0.4, -0.2) is 15.3 Å². The van der Waals surface area contributed by atoms with Gasteiger partial charge in [0, 0.05) is 6.07 Å². The van der Waals surface area contributed by atoms with Crippen molar-refractivity contribution in [3.8, 4) is 22.6 Å². The summed E-state index contributed by atoms with van der Waals surface area (Å²) < 4.78 is 5.37. The van der Waals surface area contributed by atoms with E-state index in [0.29, 0.717) is 11.1 Å². The van der Waals surface area contributed by atoms with Crippen molar-refractivity contribution < 1.29 is 19.7 Å². The fraction of sp³-hybridized carbons (Fsp3) is 0.118. The second-order valence-electron chi connectivity index (χ2n) is 5.10. The van der Waals surface area contributed by atoms with Gasteiger partial charge in [-0.25, -0.2) is 0 Å². The summed E-state index contributed by atoms with van der Waals surface area (Å²) in [5.41, 5.74) is 1.58. The normalized spacial score (nSPS) is 11.0. The maximum Gasteiger partial charge on any atom is 0.204 e. The summed E-state index contributed by atoms with van der Waals surface area (Å²) in [7, 11) is 0. The van der Waals surface area contributed by atoms with E-state index in [1.165, 1.54) is 12.3 Å². The highest BCUT2D eigenvalue weighted by atomic mass is 16.3. The Hall–Kier alpha value is -2.79. The van der Waals surface area contributed by atoms with E-state index in [9.17, 15) is 20.1 Å². The Morgan fingerprint density at radius 3 is 2.45 bits per heavy atom. The molecule has 0 saturated heterocycles. The van der Waals surface area contributed by atoms with Gasteiger partial charge in [0.25, 0.3) is 0 Å². The van der Waals surface area contributed by atoms with Gasteiger partial charge in [-0.15, -0.1) is 0 Å². The summed E-state index contributed by atoms with van der Waals surface area (Å²) in [5, 5.41) is 29.0. The van der Waals surface area contributed by atoms with E-state index in [2.05, 4.69) is 0 Å². The molecule has 0 aliphatic heterocycles. The zero-order valence-corrected chi connectivity index (χ0v) is 11.8. The second kappa shape index (κ2) is 5.20. The standard InChI is InChI=1S/C17H14O5/c1-9-2-4-10(5-3-9)12-8-22-14-6-13(19)11(7-18)16(20)15(14)17(12)21/h2-6,8,18-20H,7H2,1H3. The van der Waals surface area contributed by atoms with Crippen LogP contribution in [0.3, 0.4) is 0 Å². The second-order valence-corrected chi connectivity index (χ2v) is 5.10. The Bertz CT molecular complexity index is 907. The highest BCUT2D eigenvalue weighted by molar-refractivity contribution is 5.89. The lowest BCUT2D eigenvalue weighted by atomic mass is 10.0. The number of phenols is 2. The maximum absolute atomic E-state index is 12.6. The SMILES string of the molecule is Cc1ccc(-c2coc3cc(O)c(CO)c(O)c3c2=O)cc1. The number of aryl methyl sites for hydroxylation is 1. The van der Waals surface area contributed by atoms with Crippen molar-refractivity contribution in [2.45, 2.75) is 13.5 Å². The predicted molar refractivity (Wildman–Crippen MR) is 81.9 cm³/mol. The first kappa shape index (κ1) is 14.2. The minimum atomic E-state index is -0.582. The lowest BCUT2D eigenvalue weighted by Crippen LogP contribution is -2.06. The summed E-state index contributed by atoms with van der Waals surface area (Å²) in [5.74, 6) is -0.779. The van der Waals surface area contributed by atoms with Gasteiger partial charge in [-0.1, -0.05) is 29.8 Å². The highest BCUT2D eigenvalue weighted by Crippen LogP contribution is 2.35. The van der Waals surface area contributed by atoms with Gasteiger partial charge in [0.05, 0.1) is 17.7 Å². The van der Waals surface area contributed by atoms with Crippen LogP contribution in [0, 0.1) is 6.92 Å². The molecule has 0 fully saturated rings. The molecule has 22 heavy (non-hydrogen) atoms. The highest BCUT2D eigenvalue weighted by Gasteiger charge is 2.18. The van der Waals surface area contributed by atoms with Gasteiger partial charge < -0.3 is 19.7 Å². The predicted octanol–water partition coefficient (Wildman–Crippen LogP) is 2.67. The van der Waals surface area contributed by atoms with E-state index >= 15 is 0 Å². The Kier molecular flexibility index (Phi) is 3.35. The molecule has 0 spiro atoms. The lowest BCUT2D eigenvalue weighted by Gasteiger charge is -2.09. The molecule has 112 valence electrons. The number of benzene rings is 2. The molecule has 0 atom stereocenters. The van der Waals surface area contributed by atoms with Crippen LogP contribution in [0.15, 0.2) is 45.8 Å². The van der Waals surface area contributed by atoms with Gasteiger partial charge in [-0.3, -0.25) is 4.79 Å². The molecule has 0 radical (unpaired) electrons. The molecule has 0 unspecified atom stereocenters. The van der Waals surface area contributed by atoms with Crippen molar-refractivity contribution in [3.63, 3.8) is 0 Å². The average Bonchev–Trinajstić information content (AvgIpc) is 2.49. The van der Waals surface area contributed by atoms with E-state index in [4.69, 9.17) is 4.42 Å². The molecule has 0 aliphatic rings. The van der Waals surface area contributed by atoms with Gasteiger partial charge in [0.15, 0.2) is 0 Å². The van der Waals surface area contributed by atoms with Crippen molar-refractivity contribution >= 4 is 11.0 Å². The summed E-state index contributed by atoms with van der Waals surface area (Å²) in [6, 6.07) is 8.53. The molecule has 0 amide bonds. The van der Waals surface area contributed by atoms with E-state index in [-0.39, 0.29) is 22.3 Å². The third kappa shape index (κ3) is 2.12. The summed E-state index contributed by atoms with van der Waals surface area (Å²) in [6.07, 6.45) is 1.30. The first-order chi connectivity index (χ1) is 10.5. The first-order valence-electron chi connectivity index (χ1n) is 6.70. The maximum atomic E-state index is 12.6. The molecule has 2 aromatic carbocycles. The number of aliphatic hydroxyl groups excluding tert-OH is 1. The van der Waals surface area contributed by atoms with Crippen molar-refractivity contribution in [2.75, 3.05) is 0 Å². The molecule has 1 heterocycles. The number of hydrogen-bond acceptors (Lipinski definition) is 5. The fourth-order valence-corrected chi connectivity index (χ4v) is 2.38. The van der Waals surface area contributed by atoms with E-state index < -0.39 is 17.8 Å². The van der Waals surface area contributed by atoms with Gasteiger partial charge >= 0.3 is 0 Å². The first-order valence-corrected chi connectivity index (χ1v) is 6.70. The molecule has 3 N–H and O–H groups in total. The minimum absolute atomic E-state index is 0.0556. The summed E-state index contributed by atoms with van der Waals surface area (Å²) in [6.45, 7) is 1.36. The van der Waals surface area contributed by atoms with E-state index in [1.807, 2.05) is 19.1 Å². The van der Waals surface area contributed by atoms with Crippen LogP contribution in [0.2, 0.25) is 0 Å². The molecular formula is C17H14O5. The molecule has 5 heteroatoms. The van der Waals surface area contributed by atoms with E-state index in [0.717, 1.165) is 5.56 Å². The third-order valence-electron chi connectivity index (χ3n) is 3.64. The quantitative estimate of drug-likeness (QED) is 0.676. The smallest absolute Gasteiger partial charge is 0.204 e. The molecular weight excluding hydrogens is 284 g/mol. The Morgan fingerprint density at radius 1 is 1.14 bits per heavy atom. The van der Waals surface area contributed by atoms with Crippen LogP contribution in [-0.2, 0) is 6.61 Å². The fourth-order valence-electron chi connectivity index (χ4n) is 2.38. The lowest BCUT2D eigenvalue weighted by molar-refractivity contribution is 0.269. The van der Waals surface area contributed by atoms with Crippen molar-refractivity contribution in [2.24, 2.45) is 0 Å². The number of fused-ring (bicyclic) bond motifs is 1. The number of hydrogen-bond donors (Lipinski definition) is 3. The molecule has 3 rings (SSSR count). The van der Waals surface area contributed by atoms with Crippen LogP contribution in [0.5, 0.6) is 11.5 Å². The molecule has 1 aromatic heterocycles. The third-order valence-corrected chi connectivity index (χ3v) is 3.64. The van der Waals surface area contributed by atoms with Crippen LogP contribution in [0.25, 0.3) is 22.1 Å². The Morgan fingerprint density at radius 2 is 1.82 bits per heavy atom. The van der Waals surface area contributed by atoms with Gasteiger partial charge in [0.1, 0.15) is 28.7 Å². The molecule has 3 aromatic rings. The summed E-state index contributed by atoms with van der Waals surface area (Å²) in [4.78, 5) is 12.6. The van der Waals surface area contributed by atoms with Crippen LogP contribution >= 0.6 is 0 Å². The van der Waals surface area contributed by atoms with Crippen LogP contribution < -0.4 is 5.43 Å². The number of aromatic hydroxyl groups is 2. The molecule has 0 bridgehead atoms. The molecule has 5 nitrogen and oxygen atoms in total. The van der Waals surface area contributed by atoms with Crippen LogP contribution in [0.4, 0.5) is 0 Å². The largest absolute Gasteiger partial charge is 0.507 e. The number of aliphatic hydroxyl groups is 1. The van der Waals surface area contributed by atoms with Gasteiger partial charge in [-0.2, -0.15) is 0 Å². The van der Waals surface area contributed by atoms with Gasteiger partial charge in [-0.05, 0) is 12.5 Å². The average molecular weight is 298 g/mol. The zero-order valence-electron chi connectivity index (χ0n) is 11.8. The van der Waals surface area contributed by atoms with Crippen molar-refractivity contribution in [3.05, 3.63) is 57.9 Å². The van der Waals surface area contributed by atoms with Crippen molar-refractivity contribution in [1.82, 2.24) is 0 Å². The Balaban J connectivity index is 2.34. The topological polar surface area (TPSA) is 90.9 Å². The number of rotatable bonds is 2. The minimum Gasteiger partial charge on any atom is -0.507 e. The zero-order chi connectivity index (χ0) is 15.9. The van der Waals surface area contributed by atoms with Gasteiger partial charge in [0.2, 0.25) is 5.43 Å². The molecule has 0 saturated carbocycles. The Labute approximate surface area is 125 Å². The summed E-state index contributed by atoms with van der Waals surface area (Å²) >= 11 is 0. The van der Waals surface area contributed by atoms with E-state index in [1.54, 1.807) is 12.1 Å². The monoisotopic (exact) mass is 298 g/mol.